The molecule has 26 heavy (non-hydrogen) atoms. The minimum atomic E-state index is -0.724. The molecule has 4 N–H and O–H groups in total. The fourth-order valence-corrected chi connectivity index (χ4v) is 7.24. The van der Waals surface area contributed by atoms with Crippen LogP contribution in [0.15, 0.2) is 0 Å². The quantitative estimate of drug-likeness (QED) is 0.330. The van der Waals surface area contributed by atoms with Gasteiger partial charge < -0.3 is 20.9 Å². The Balaban J connectivity index is 3.66. The van der Waals surface area contributed by atoms with Crippen LogP contribution >= 0.6 is 67.8 Å². The summed E-state index contributed by atoms with van der Waals surface area (Å²) in [7, 11) is 0. The maximum atomic E-state index is 11.9. The van der Waals surface area contributed by atoms with E-state index in [9.17, 15) is 19.2 Å². The number of primary amides is 2. The zero-order valence-corrected chi connectivity index (χ0v) is 20.2. The second-order valence-corrected chi connectivity index (χ2v) is 8.37. The summed E-state index contributed by atoms with van der Waals surface area (Å²) in [4.78, 5) is 46.3. The maximum absolute atomic E-state index is 11.9. The Labute approximate surface area is 190 Å². The number of carbonyl (C=O) groups is 4. The Kier molecular flexibility index (Phi) is 8.98. The van der Waals surface area contributed by atoms with Gasteiger partial charge in [-0.2, -0.15) is 0 Å². The first-order chi connectivity index (χ1) is 12.0. The molecular weight excluding hydrogens is 685 g/mol. The van der Waals surface area contributed by atoms with Gasteiger partial charge in [0.1, 0.15) is 13.2 Å². The SMILES string of the molecule is CC(=O)OCC(COC(C)=O)c1c(I)c(C(N)=O)c(I)c(C(N)=O)c1I. The van der Waals surface area contributed by atoms with Crippen molar-refractivity contribution in [2.75, 3.05) is 13.2 Å². The Morgan fingerprint density at radius 2 is 1.15 bits per heavy atom. The van der Waals surface area contributed by atoms with E-state index in [1.165, 1.54) is 13.8 Å². The molecule has 0 aliphatic rings. The number of carbonyl (C=O) groups excluding carboxylic acids is 4. The first kappa shape index (κ1) is 23.3. The third-order valence-electron chi connectivity index (χ3n) is 3.23. The second-order valence-electron chi connectivity index (χ2n) is 5.14. The molecule has 1 aromatic carbocycles. The lowest BCUT2D eigenvalue weighted by Gasteiger charge is -2.23. The summed E-state index contributed by atoms with van der Waals surface area (Å²) in [5.74, 6) is -3.08. The van der Waals surface area contributed by atoms with Crippen LogP contribution in [0.2, 0.25) is 0 Å². The van der Waals surface area contributed by atoms with E-state index < -0.39 is 29.7 Å². The highest BCUT2D eigenvalue weighted by Crippen LogP contribution is 2.36. The van der Waals surface area contributed by atoms with Gasteiger partial charge in [-0.15, -0.1) is 0 Å². The minimum Gasteiger partial charge on any atom is -0.465 e. The van der Waals surface area contributed by atoms with Gasteiger partial charge in [0, 0.05) is 24.6 Å². The van der Waals surface area contributed by atoms with E-state index in [-0.39, 0.29) is 24.3 Å². The van der Waals surface area contributed by atoms with Gasteiger partial charge in [0.2, 0.25) is 0 Å². The van der Waals surface area contributed by atoms with Gasteiger partial charge in [-0.05, 0) is 73.3 Å². The number of amides is 2. The average molecular weight is 700 g/mol. The number of esters is 2. The van der Waals surface area contributed by atoms with E-state index in [1.807, 2.05) is 67.8 Å². The van der Waals surface area contributed by atoms with Crippen molar-refractivity contribution in [3.8, 4) is 0 Å². The fraction of sp³-hybridized carbons (Fsp3) is 0.333. The van der Waals surface area contributed by atoms with Crippen LogP contribution in [0, 0.1) is 10.7 Å². The molecule has 8 nitrogen and oxygen atoms in total. The molecule has 0 atom stereocenters. The Hall–Kier alpha value is -0.710. The number of hydrogen-bond donors (Lipinski definition) is 2. The number of nitrogens with two attached hydrogens (primary N) is 2. The van der Waals surface area contributed by atoms with E-state index in [0.29, 0.717) is 16.3 Å². The molecule has 0 saturated heterocycles. The lowest BCUT2D eigenvalue weighted by atomic mass is 9.95. The summed E-state index contributed by atoms with van der Waals surface area (Å²) < 4.78 is 11.4. The molecule has 1 rings (SSSR count). The number of benzene rings is 1. The highest BCUT2D eigenvalue weighted by atomic mass is 127. The molecule has 0 heterocycles. The van der Waals surface area contributed by atoms with Gasteiger partial charge in [-0.25, -0.2) is 0 Å². The number of rotatable bonds is 7. The summed E-state index contributed by atoms with van der Waals surface area (Å²) in [6, 6.07) is 0. The van der Waals surface area contributed by atoms with Crippen LogP contribution in [0.3, 0.4) is 0 Å². The Bertz CT molecular complexity index is 722. The third kappa shape index (κ3) is 5.64. The standard InChI is InChI=1S/C15H15I3N2O6/c1-5(21)25-3-7(4-26-6(2)22)8-11(16)9(14(19)23)13(18)10(12(8)17)15(20)24/h7H,3-4H2,1-2H3,(H2,19,23)(H2,20,24). The summed E-state index contributed by atoms with van der Waals surface area (Å²) >= 11 is 5.71. The molecule has 0 aliphatic heterocycles. The molecule has 0 fully saturated rings. The predicted molar refractivity (Wildman–Crippen MR) is 118 cm³/mol. The molecule has 142 valence electrons. The van der Waals surface area contributed by atoms with Crippen molar-refractivity contribution in [2.45, 2.75) is 19.8 Å². The van der Waals surface area contributed by atoms with E-state index in [2.05, 4.69) is 0 Å². The van der Waals surface area contributed by atoms with Gasteiger partial charge in [0.25, 0.3) is 11.8 Å². The van der Waals surface area contributed by atoms with Crippen molar-refractivity contribution >= 4 is 91.5 Å². The van der Waals surface area contributed by atoms with Crippen LogP contribution in [0.1, 0.15) is 46.0 Å². The largest absolute Gasteiger partial charge is 0.465 e. The van der Waals surface area contributed by atoms with Crippen molar-refractivity contribution in [3.63, 3.8) is 0 Å². The monoisotopic (exact) mass is 700 g/mol. The van der Waals surface area contributed by atoms with Crippen LogP contribution in [0.4, 0.5) is 0 Å². The highest BCUT2D eigenvalue weighted by Gasteiger charge is 2.30. The first-order valence-corrected chi connectivity index (χ1v) is 10.3. The zero-order chi connectivity index (χ0) is 20.2. The molecule has 0 aliphatic carbocycles. The van der Waals surface area contributed by atoms with Crippen LogP contribution in [0.5, 0.6) is 0 Å². The van der Waals surface area contributed by atoms with Crippen molar-refractivity contribution in [1.29, 1.82) is 0 Å². The number of hydrogen-bond acceptors (Lipinski definition) is 6. The van der Waals surface area contributed by atoms with Gasteiger partial charge in [-0.1, -0.05) is 0 Å². The van der Waals surface area contributed by atoms with Crippen molar-refractivity contribution in [2.24, 2.45) is 11.5 Å². The molecule has 0 spiro atoms. The fourth-order valence-electron chi connectivity index (χ4n) is 2.13. The lowest BCUT2D eigenvalue weighted by molar-refractivity contribution is -0.144. The minimum absolute atomic E-state index is 0.106. The second kappa shape index (κ2) is 10.0. The van der Waals surface area contributed by atoms with Gasteiger partial charge in [0.05, 0.1) is 17.0 Å². The topological polar surface area (TPSA) is 139 Å². The normalized spacial score (nSPS) is 10.5. The molecule has 11 heteroatoms. The van der Waals surface area contributed by atoms with Crippen LogP contribution in [0.25, 0.3) is 0 Å². The predicted octanol–water partition coefficient (Wildman–Crippen LogP) is 1.91. The van der Waals surface area contributed by atoms with E-state index >= 15 is 0 Å². The van der Waals surface area contributed by atoms with Crippen LogP contribution in [-0.4, -0.2) is 37.0 Å². The van der Waals surface area contributed by atoms with E-state index in [4.69, 9.17) is 20.9 Å². The van der Waals surface area contributed by atoms with Gasteiger partial charge in [-0.3, -0.25) is 19.2 Å². The zero-order valence-electron chi connectivity index (χ0n) is 13.7. The molecule has 1 aromatic rings. The Morgan fingerprint density at radius 3 is 1.42 bits per heavy atom. The van der Waals surface area contributed by atoms with Crippen molar-refractivity contribution in [3.05, 3.63) is 27.4 Å². The molecule has 0 radical (unpaired) electrons. The van der Waals surface area contributed by atoms with Crippen LogP contribution in [-0.2, 0) is 19.1 Å². The molecule has 0 bridgehead atoms. The summed E-state index contributed by atoms with van der Waals surface area (Å²) in [6.45, 7) is 2.28. The van der Waals surface area contributed by atoms with E-state index in [0.717, 1.165) is 0 Å². The van der Waals surface area contributed by atoms with Crippen molar-refractivity contribution < 1.29 is 28.7 Å². The van der Waals surface area contributed by atoms with Gasteiger partial charge in [0.15, 0.2) is 0 Å². The Morgan fingerprint density at radius 1 is 0.808 bits per heavy atom. The third-order valence-corrected chi connectivity index (χ3v) is 6.55. The molecule has 0 unspecified atom stereocenters. The number of ether oxygens (including phenoxy) is 2. The van der Waals surface area contributed by atoms with Crippen LogP contribution < -0.4 is 11.5 Å². The highest BCUT2D eigenvalue weighted by molar-refractivity contribution is 14.1. The molecular formula is C15H15I3N2O6. The van der Waals surface area contributed by atoms with Gasteiger partial charge >= 0.3 is 11.9 Å². The summed E-state index contributed by atoms with van der Waals surface area (Å²) in [5, 5.41) is 0. The molecule has 0 aromatic heterocycles. The average Bonchev–Trinajstić information content (AvgIpc) is 2.47. The lowest BCUT2D eigenvalue weighted by Crippen LogP contribution is -2.27. The smallest absolute Gasteiger partial charge is 0.302 e. The summed E-state index contributed by atoms with van der Waals surface area (Å²) in [5.41, 5.74) is 11.7. The first-order valence-electron chi connectivity index (χ1n) is 7.05. The molecule has 2 amide bonds. The van der Waals surface area contributed by atoms with E-state index in [1.54, 1.807) is 0 Å². The summed E-state index contributed by atoms with van der Waals surface area (Å²) in [6.07, 6.45) is 0. The molecule has 0 saturated carbocycles. The van der Waals surface area contributed by atoms with Crippen molar-refractivity contribution in [1.82, 2.24) is 0 Å². The number of halogens is 3. The maximum Gasteiger partial charge on any atom is 0.302 e.